The molecule has 4 heterocycles. The number of ketones is 1. The molecule has 190 valence electrons. The number of Topliss-reactive ketones (excluding diaryl/α,β-unsaturated/α-hetero) is 1. The lowest BCUT2D eigenvalue weighted by Gasteiger charge is -2.32. The molecule has 2 saturated heterocycles. The van der Waals surface area contributed by atoms with Crippen LogP contribution in [0.5, 0.6) is 0 Å². The van der Waals surface area contributed by atoms with Gasteiger partial charge in [0.1, 0.15) is 11.7 Å². The van der Waals surface area contributed by atoms with Gasteiger partial charge in [-0.05, 0) is 25.5 Å². The molecule has 11 nitrogen and oxygen atoms in total. The van der Waals surface area contributed by atoms with Gasteiger partial charge in [-0.2, -0.15) is 4.98 Å². The molecule has 3 aliphatic heterocycles. The van der Waals surface area contributed by atoms with E-state index in [-0.39, 0.29) is 17.7 Å². The van der Waals surface area contributed by atoms with Crippen LogP contribution in [0.4, 0.5) is 11.8 Å². The maximum atomic E-state index is 12.1. The summed E-state index contributed by atoms with van der Waals surface area (Å²) >= 11 is 0. The molecular formula is C23H34N8O3S. The number of aliphatic imine (C=N–C) groups is 1. The third-order valence-electron chi connectivity index (χ3n) is 6.52. The van der Waals surface area contributed by atoms with Crippen LogP contribution in [-0.4, -0.2) is 79.8 Å². The van der Waals surface area contributed by atoms with Gasteiger partial charge in [-0.1, -0.05) is 13.0 Å². The van der Waals surface area contributed by atoms with Crippen LogP contribution in [0.15, 0.2) is 29.7 Å². The minimum Gasteiger partial charge on any atom is -0.386 e. The van der Waals surface area contributed by atoms with Crippen LogP contribution in [0.3, 0.4) is 0 Å². The highest BCUT2D eigenvalue weighted by Gasteiger charge is 2.28. The monoisotopic (exact) mass is 502 g/mol. The molecule has 3 aliphatic rings. The fourth-order valence-corrected chi connectivity index (χ4v) is 5.41. The van der Waals surface area contributed by atoms with E-state index in [1.54, 1.807) is 12.4 Å². The summed E-state index contributed by atoms with van der Waals surface area (Å²) in [6.45, 7) is 3.88. The predicted molar refractivity (Wildman–Crippen MR) is 137 cm³/mol. The SMILES string of the molecule is CCC1C=CNC1=N/C=C(\NC)c1cnc(N2CCC(=O)C2)nc1N[C@H]1CCCN(S(C)(=O)=O)C1. The van der Waals surface area contributed by atoms with Crippen LogP contribution < -0.4 is 20.9 Å². The van der Waals surface area contributed by atoms with Gasteiger partial charge >= 0.3 is 0 Å². The van der Waals surface area contributed by atoms with Gasteiger partial charge in [-0.25, -0.2) is 22.7 Å². The number of carbonyl (C=O) groups is 1. The zero-order valence-corrected chi connectivity index (χ0v) is 21.3. The highest BCUT2D eigenvalue weighted by molar-refractivity contribution is 7.88. The van der Waals surface area contributed by atoms with Crippen molar-refractivity contribution in [3.05, 3.63) is 30.2 Å². The fraction of sp³-hybridized carbons (Fsp3) is 0.565. The van der Waals surface area contributed by atoms with Crippen molar-refractivity contribution >= 4 is 39.1 Å². The molecule has 2 fully saturated rings. The molecule has 4 rings (SSSR count). The highest BCUT2D eigenvalue weighted by Crippen LogP contribution is 2.26. The number of hydrogen-bond acceptors (Lipinski definition) is 9. The molecule has 0 amide bonds. The van der Waals surface area contributed by atoms with E-state index < -0.39 is 10.0 Å². The largest absolute Gasteiger partial charge is 0.386 e. The van der Waals surface area contributed by atoms with E-state index in [0.29, 0.717) is 44.4 Å². The number of carbonyl (C=O) groups excluding carboxylic acids is 1. The summed E-state index contributed by atoms with van der Waals surface area (Å²) in [7, 11) is -1.46. The lowest BCUT2D eigenvalue weighted by Crippen LogP contribution is -2.44. The molecule has 0 aliphatic carbocycles. The number of aromatic nitrogens is 2. The first-order chi connectivity index (χ1) is 16.8. The quantitative estimate of drug-likeness (QED) is 0.479. The van der Waals surface area contributed by atoms with Crippen molar-refractivity contribution in [2.75, 3.05) is 49.7 Å². The van der Waals surface area contributed by atoms with E-state index in [9.17, 15) is 13.2 Å². The maximum Gasteiger partial charge on any atom is 0.227 e. The summed E-state index contributed by atoms with van der Waals surface area (Å²) in [5.74, 6) is 2.35. The van der Waals surface area contributed by atoms with Gasteiger partial charge in [0.2, 0.25) is 16.0 Å². The van der Waals surface area contributed by atoms with Crippen molar-refractivity contribution in [1.82, 2.24) is 24.9 Å². The first kappa shape index (κ1) is 25.1. The van der Waals surface area contributed by atoms with Gasteiger partial charge in [-0.15, -0.1) is 0 Å². The Balaban J connectivity index is 1.65. The second-order valence-electron chi connectivity index (χ2n) is 9.07. The van der Waals surface area contributed by atoms with Gasteiger partial charge in [0.15, 0.2) is 5.78 Å². The maximum absolute atomic E-state index is 12.1. The molecule has 1 unspecified atom stereocenters. The minimum atomic E-state index is -3.27. The van der Waals surface area contributed by atoms with E-state index in [4.69, 9.17) is 4.98 Å². The molecule has 0 saturated carbocycles. The molecule has 3 N–H and O–H groups in total. The number of sulfonamides is 1. The van der Waals surface area contributed by atoms with Gasteiger partial charge in [0.25, 0.3) is 0 Å². The summed E-state index contributed by atoms with van der Waals surface area (Å²) in [6, 6.07) is -0.102. The molecule has 0 bridgehead atoms. The van der Waals surface area contributed by atoms with Crippen LogP contribution in [0.25, 0.3) is 5.70 Å². The summed E-state index contributed by atoms with van der Waals surface area (Å²) in [6.07, 6.45) is 11.7. The number of nitrogens with one attached hydrogen (secondary N) is 3. The van der Waals surface area contributed by atoms with E-state index >= 15 is 0 Å². The average Bonchev–Trinajstić information content (AvgIpc) is 3.48. The Labute approximate surface area is 206 Å². The van der Waals surface area contributed by atoms with Gasteiger partial charge in [0.05, 0.1) is 30.3 Å². The van der Waals surface area contributed by atoms with Crippen LogP contribution in [-0.2, 0) is 14.8 Å². The number of piperidine rings is 1. The Morgan fingerprint density at radius 1 is 1.37 bits per heavy atom. The average molecular weight is 503 g/mol. The molecule has 35 heavy (non-hydrogen) atoms. The standard InChI is InChI=1S/C23H34N8O3S/c1-4-16-7-9-25-21(16)26-13-20(24-2)19-12-27-23(30-11-8-18(32)15-30)29-22(19)28-17-6-5-10-31(14-17)35(3,33)34/h7,9,12-13,16-17,24H,4-6,8,10-11,14-15H2,1-3H3,(H,25,26)(H,27,28,29)/b20-13-/t16?,17-/m0/s1. The van der Waals surface area contributed by atoms with Crippen LogP contribution in [0, 0.1) is 5.92 Å². The first-order valence-corrected chi connectivity index (χ1v) is 13.9. The molecule has 1 aromatic rings. The van der Waals surface area contributed by atoms with Gasteiger partial charge < -0.3 is 20.9 Å². The molecule has 2 atom stereocenters. The van der Waals surface area contributed by atoms with E-state index in [2.05, 4.69) is 38.9 Å². The van der Waals surface area contributed by atoms with E-state index in [1.165, 1.54) is 10.6 Å². The van der Waals surface area contributed by atoms with Crippen molar-refractivity contribution < 1.29 is 13.2 Å². The summed E-state index contributed by atoms with van der Waals surface area (Å²) in [4.78, 5) is 27.7. The lowest BCUT2D eigenvalue weighted by molar-refractivity contribution is -0.116. The second kappa shape index (κ2) is 10.7. The van der Waals surface area contributed by atoms with Gasteiger partial charge in [-0.3, -0.25) is 4.79 Å². The number of nitrogens with zero attached hydrogens (tertiary/aromatic N) is 5. The van der Waals surface area contributed by atoms with E-state index in [1.807, 2.05) is 18.1 Å². The number of hydrogen-bond donors (Lipinski definition) is 3. The van der Waals surface area contributed by atoms with Crippen molar-refractivity contribution in [1.29, 1.82) is 0 Å². The first-order valence-electron chi connectivity index (χ1n) is 12.0. The van der Waals surface area contributed by atoms with Crippen molar-refractivity contribution in [3.63, 3.8) is 0 Å². The molecule has 0 spiro atoms. The second-order valence-corrected chi connectivity index (χ2v) is 11.1. The number of amidine groups is 1. The zero-order valence-electron chi connectivity index (χ0n) is 20.5. The van der Waals surface area contributed by atoms with Crippen molar-refractivity contribution in [2.45, 2.75) is 38.6 Å². The third kappa shape index (κ3) is 5.99. The number of anilines is 2. The van der Waals surface area contributed by atoms with E-state index in [0.717, 1.165) is 36.4 Å². The zero-order chi connectivity index (χ0) is 25.0. The van der Waals surface area contributed by atoms with Crippen LogP contribution in [0.1, 0.15) is 38.2 Å². The summed E-state index contributed by atoms with van der Waals surface area (Å²) in [5, 5.41) is 9.84. The van der Waals surface area contributed by atoms with Crippen molar-refractivity contribution in [2.24, 2.45) is 10.9 Å². The number of rotatable bonds is 8. The Hall–Kier alpha value is -2.99. The molecule has 0 aromatic carbocycles. The molecular weight excluding hydrogens is 468 g/mol. The Morgan fingerprint density at radius 2 is 2.20 bits per heavy atom. The molecule has 0 radical (unpaired) electrons. The van der Waals surface area contributed by atoms with Crippen molar-refractivity contribution in [3.8, 4) is 0 Å². The third-order valence-corrected chi connectivity index (χ3v) is 7.79. The predicted octanol–water partition coefficient (Wildman–Crippen LogP) is 1.15. The smallest absolute Gasteiger partial charge is 0.227 e. The van der Waals surface area contributed by atoms with Crippen LogP contribution in [0.2, 0.25) is 0 Å². The minimum absolute atomic E-state index is 0.102. The Kier molecular flexibility index (Phi) is 7.70. The molecule has 12 heteroatoms. The summed E-state index contributed by atoms with van der Waals surface area (Å²) in [5.41, 5.74) is 1.45. The Bertz CT molecular complexity index is 1150. The van der Waals surface area contributed by atoms with Crippen LogP contribution >= 0.6 is 0 Å². The lowest BCUT2D eigenvalue weighted by atomic mass is 10.1. The summed E-state index contributed by atoms with van der Waals surface area (Å²) < 4.78 is 25.7. The van der Waals surface area contributed by atoms with Gasteiger partial charge in [0, 0.05) is 51.3 Å². The molecule has 1 aromatic heterocycles. The Morgan fingerprint density at radius 3 is 2.89 bits per heavy atom. The fourth-order valence-electron chi connectivity index (χ4n) is 4.50. The normalized spacial score (nSPS) is 24.8. The topological polar surface area (TPSA) is 132 Å². The highest BCUT2D eigenvalue weighted by atomic mass is 32.2.